The van der Waals surface area contributed by atoms with E-state index >= 15 is 0 Å². The summed E-state index contributed by atoms with van der Waals surface area (Å²) >= 11 is 0. The molecule has 0 fully saturated rings. The van der Waals surface area contributed by atoms with Crippen LogP contribution in [0.1, 0.15) is 277 Å². The molecule has 0 aliphatic heterocycles. The lowest BCUT2D eigenvalue weighted by molar-refractivity contribution is -0.154. The summed E-state index contributed by atoms with van der Waals surface area (Å²) in [5.74, 6) is -0.322. The van der Waals surface area contributed by atoms with Crippen molar-refractivity contribution < 1.29 is 32.8 Å². The predicted octanol–water partition coefficient (Wildman–Crippen LogP) is 16.0. The molecule has 354 valence electrons. The monoisotopic (exact) mass is 860 g/mol. The molecule has 0 aliphatic rings. The van der Waals surface area contributed by atoms with Gasteiger partial charge in [-0.15, -0.1) is 0 Å². The lowest BCUT2D eigenvalue weighted by Crippen LogP contribution is -2.28. The van der Waals surface area contributed by atoms with Crippen molar-refractivity contribution in [3.63, 3.8) is 0 Å². The lowest BCUT2D eigenvalue weighted by atomic mass is 10.0. The number of nitrogens with two attached hydrogens (primary N) is 1. The third kappa shape index (κ3) is 48.4. The molecule has 0 aromatic carbocycles. The minimum atomic E-state index is -4.27. The van der Waals surface area contributed by atoms with Crippen LogP contribution in [0.15, 0.2) is 0 Å². The third-order valence-corrected chi connectivity index (χ3v) is 12.8. The zero-order chi connectivity index (χ0) is 43.0. The first kappa shape index (κ1) is 58.5. The molecule has 0 radical (unpaired) electrons. The summed E-state index contributed by atoms with van der Waals surface area (Å²) < 4.78 is 33.6. The van der Waals surface area contributed by atoms with Crippen molar-refractivity contribution in [3.05, 3.63) is 0 Å². The Morgan fingerprint density at radius 3 is 1.07 bits per heavy atom. The first-order chi connectivity index (χ1) is 28.9. The van der Waals surface area contributed by atoms with Gasteiger partial charge in [-0.25, -0.2) is 4.57 Å². The van der Waals surface area contributed by atoms with Gasteiger partial charge in [0.15, 0.2) is 0 Å². The molecule has 59 heavy (non-hydrogen) atoms. The smallest absolute Gasteiger partial charge is 0.457 e. The molecule has 0 bridgehead atoms. The van der Waals surface area contributed by atoms with Crippen LogP contribution in [0.25, 0.3) is 0 Å². The normalized spacial score (nSPS) is 13.2. The Kier molecular flexibility index (Phi) is 48.1. The van der Waals surface area contributed by atoms with Gasteiger partial charge in [-0.2, -0.15) is 0 Å². The Labute approximate surface area is 367 Å². The number of unbranched alkanes of at least 4 members (excludes halogenated alkanes) is 38. The summed E-state index contributed by atoms with van der Waals surface area (Å²) in [5, 5.41) is 0. The number of phosphoric ester groups is 1. The van der Waals surface area contributed by atoms with E-state index in [1.807, 2.05) is 0 Å². The molecule has 8 nitrogen and oxygen atoms in total. The molecule has 0 aromatic rings. The van der Waals surface area contributed by atoms with Crippen LogP contribution in [-0.4, -0.2) is 49.9 Å². The van der Waals surface area contributed by atoms with Crippen LogP contribution in [0.2, 0.25) is 0 Å². The maximum atomic E-state index is 12.6. The highest BCUT2D eigenvalue weighted by Gasteiger charge is 2.25. The van der Waals surface area contributed by atoms with E-state index < -0.39 is 13.9 Å². The number of carbonyl (C=O) groups is 1. The van der Waals surface area contributed by atoms with Gasteiger partial charge < -0.3 is 20.1 Å². The van der Waals surface area contributed by atoms with Crippen molar-refractivity contribution in [1.82, 2.24) is 0 Å². The summed E-state index contributed by atoms with van der Waals surface area (Å²) in [6, 6.07) is 0. The number of hydrogen-bond donors (Lipinski definition) is 2. The molecule has 0 saturated carbocycles. The number of esters is 1. The topological polar surface area (TPSA) is 117 Å². The van der Waals surface area contributed by atoms with E-state index in [0.29, 0.717) is 13.0 Å². The van der Waals surface area contributed by atoms with Gasteiger partial charge in [0.2, 0.25) is 0 Å². The fraction of sp³-hybridized carbons (Fsp3) is 0.980. The van der Waals surface area contributed by atoms with Crippen molar-refractivity contribution in [2.75, 3.05) is 33.0 Å². The van der Waals surface area contributed by atoms with Crippen molar-refractivity contribution in [2.24, 2.45) is 5.73 Å². The van der Waals surface area contributed by atoms with Crippen LogP contribution < -0.4 is 5.73 Å². The van der Waals surface area contributed by atoms with Crippen LogP contribution in [0.5, 0.6) is 0 Å². The second kappa shape index (κ2) is 48.5. The predicted molar refractivity (Wildman–Crippen MR) is 252 cm³/mol. The molecule has 9 heteroatoms. The molecule has 2 unspecified atom stereocenters. The lowest BCUT2D eigenvalue weighted by Gasteiger charge is -2.20. The number of phosphoric acid groups is 1. The van der Waals surface area contributed by atoms with E-state index in [1.54, 1.807) is 0 Å². The number of ether oxygens (including phenoxy) is 2. The zero-order valence-corrected chi connectivity index (χ0v) is 40.4. The quantitative estimate of drug-likeness (QED) is 0.0353. The SMILES string of the molecule is CCCCCCCCCCCCCCCCCCCCCCCCCCCOCC(COP(=O)(O)OCCN)OC(=O)CCCCCCCCCCCCCCCCC. The fourth-order valence-electron chi connectivity index (χ4n) is 7.94. The molecular formula is C50H102NO7P. The molecule has 0 heterocycles. The Morgan fingerprint density at radius 2 is 0.746 bits per heavy atom. The Morgan fingerprint density at radius 1 is 0.441 bits per heavy atom. The average molecular weight is 860 g/mol. The Bertz CT molecular complexity index is 878. The molecule has 0 amide bonds. The summed E-state index contributed by atoms with van der Waals surface area (Å²) in [5.41, 5.74) is 5.39. The number of carbonyl (C=O) groups excluding carboxylic acids is 1. The Balaban J connectivity index is 3.82. The molecule has 3 N–H and O–H groups in total. The highest BCUT2D eigenvalue weighted by molar-refractivity contribution is 7.47. The molecule has 0 spiro atoms. The maximum Gasteiger partial charge on any atom is 0.472 e. The van der Waals surface area contributed by atoms with E-state index in [2.05, 4.69) is 13.8 Å². The van der Waals surface area contributed by atoms with Crippen molar-refractivity contribution in [1.29, 1.82) is 0 Å². The number of hydrogen-bond acceptors (Lipinski definition) is 7. The summed E-state index contributed by atoms with van der Waals surface area (Å²) in [7, 11) is -4.27. The highest BCUT2D eigenvalue weighted by Crippen LogP contribution is 2.43. The van der Waals surface area contributed by atoms with E-state index in [1.165, 1.54) is 225 Å². The average Bonchev–Trinajstić information content (AvgIpc) is 3.23. The molecule has 0 rings (SSSR count). The Hall–Kier alpha value is -0.500. The summed E-state index contributed by atoms with van der Waals surface area (Å²) in [6.45, 7) is 5.01. The summed E-state index contributed by atoms with van der Waals surface area (Å²) in [6.07, 6.45) is 52.9. The second-order valence-electron chi connectivity index (χ2n) is 17.8. The van der Waals surface area contributed by atoms with Crippen molar-refractivity contribution in [3.8, 4) is 0 Å². The maximum absolute atomic E-state index is 12.6. The van der Waals surface area contributed by atoms with Crippen LogP contribution >= 0.6 is 7.82 Å². The standard InChI is InChI=1S/C50H102NO7P/c1-3-5-7-9-11-13-15-17-19-20-21-22-23-24-25-26-27-28-30-32-34-36-38-40-42-45-55-47-49(48-57-59(53,54)56-46-44-51)58-50(52)43-41-39-37-35-33-31-29-18-16-14-12-10-8-6-4-2/h49H,3-48,51H2,1-2H3,(H,53,54). The van der Waals surface area contributed by atoms with E-state index in [-0.39, 0.29) is 32.3 Å². The minimum Gasteiger partial charge on any atom is -0.457 e. The second-order valence-corrected chi connectivity index (χ2v) is 19.2. The summed E-state index contributed by atoms with van der Waals surface area (Å²) in [4.78, 5) is 22.6. The fourth-order valence-corrected chi connectivity index (χ4v) is 8.71. The number of rotatable bonds is 51. The van der Waals surface area contributed by atoms with E-state index in [9.17, 15) is 14.3 Å². The van der Waals surface area contributed by atoms with Crippen LogP contribution in [0.3, 0.4) is 0 Å². The molecular weight excluding hydrogens is 758 g/mol. The zero-order valence-electron chi connectivity index (χ0n) is 39.5. The van der Waals surface area contributed by atoms with E-state index in [4.69, 9.17) is 24.3 Å². The highest BCUT2D eigenvalue weighted by atomic mass is 31.2. The van der Waals surface area contributed by atoms with Gasteiger partial charge >= 0.3 is 13.8 Å². The van der Waals surface area contributed by atoms with Gasteiger partial charge in [0.25, 0.3) is 0 Å². The van der Waals surface area contributed by atoms with Crippen LogP contribution in [0, 0.1) is 0 Å². The molecule has 0 aliphatic carbocycles. The third-order valence-electron chi connectivity index (χ3n) is 11.8. The minimum absolute atomic E-state index is 0.0898. The first-order valence-electron chi connectivity index (χ1n) is 26.0. The van der Waals surface area contributed by atoms with Gasteiger partial charge in [-0.3, -0.25) is 13.8 Å². The molecule has 0 saturated heterocycles. The van der Waals surface area contributed by atoms with Gasteiger partial charge in [0, 0.05) is 19.6 Å². The van der Waals surface area contributed by atoms with Crippen molar-refractivity contribution >= 4 is 13.8 Å². The largest absolute Gasteiger partial charge is 0.472 e. The van der Waals surface area contributed by atoms with Crippen LogP contribution in [0.4, 0.5) is 0 Å². The van der Waals surface area contributed by atoms with Crippen LogP contribution in [-0.2, 0) is 27.9 Å². The first-order valence-corrected chi connectivity index (χ1v) is 27.5. The van der Waals surface area contributed by atoms with Gasteiger partial charge in [0.05, 0.1) is 19.8 Å². The van der Waals surface area contributed by atoms with Crippen molar-refractivity contribution in [2.45, 2.75) is 283 Å². The van der Waals surface area contributed by atoms with E-state index in [0.717, 1.165) is 32.1 Å². The van der Waals surface area contributed by atoms with Gasteiger partial charge in [-0.05, 0) is 12.8 Å². The van der Waals surface area contributed by atoms with Gasteiger partial charge in [0.1, 0.15) is 6.10 Å². The van der Waals surface area contributed by atoms with Gasteiger partial charge in [-0.1, -0.05) is 258 Å². The molecule has 2 atom stereocenters. The molecule has 0 aromatic heterocycles.